The maximum Gasteiger partial charge on any atom is 0.0947 e. The highest BCUT2D eigenvalue weighted by Gasteiger charge is 2.29. The molecule has 1 aromatic carbocycles. The van der Waals surface area contributed by atoms with Crippen molar-refractivity contribution in [2.75, 3.05) is 11.6 Å². The second kappa shape index (κ2) is 4.82. The van der Waals surface area contributed by atoms with Gasteiger partial charge in [0.05, 0.1) is 6.67 Å². The summed E-state index contributed by atoms with van der Waals surface area (Å²) in [7, 11) is 0. The van der Waals surface area contributed by atoms with Crippen LogP contribution in [0.2, 0.25) is 0 Å². The van der Waals surface area contributed by atoms with Gasteiger partial charge in [-0.2, -0.15) is 0 Å². The summed E-state index contributed by atoms with van der Waals surface area (Å²) in [4.78, 5) is 4.74. The zero-order chi connectivity index (χ0) is 12.3. The molecular formula is C15H22N2. The summed E-state index contributed by atoms with van der Waals surface area (Å²) in [5.41, 5.74) is 1.54. The highest BCUT2D eigenvalue weighted by Crippen LogP contribution is 2.29. The van der Waals surface area contributed by atoms with Gasteiger partial charge in [0.15, 0.2) is 0 Å². The van der Waals surface area contributed by atoms with Crippen LogP contribution in [0.1, 0.15) is 33.6 Å². The van der Waals surface area contributed by atoms with Gasteiger partial charge in [-0.1, -0.05) is 32.0 Å². The lowest BCUT2D eigenvalue weighted by Crippen LogP contribution is -2.43. The molecule has 1 aliphatic heterocycles. The number of para-hydroxylation sites is 1. The van der Waals surface area contributed by atoms with Gasteiger partial charge >= 0.3 is 0 Å². The zero-order valence-corrected chi connectivity index (χ0v) is 11.1. The van der Waals surface area contributed by atoms with E-state index in [1.807, 2.05) is 0 Å². The lowest BCUT2D eigenvalue weighted by molar-refractivity contribution is 0.165. The van der Waals surface area contributed by atoms with Crippen molar-refractivity contribution < 1.29 is 0 Å². The predicted molar refractivity (Wildman–Crippen MR) is 73.8 cm³/mol. The molecule has 0 N–H and O–H groups in total. The van der Waals surface area contributed by atoms with Crippen LogP contribution in [0.4, 0.5) is 5.69 Å². The van der Waals surface area contributed by atoms with Crippen molar-refractivity contribution in [3.8, 4) is 0 Å². The molecule has 0 unspecified atom stereocenters. The highest BCUT2D eigenvalue weighted by atomic mass is 15.4. The number of benzene rings is 1. The normalized spacial score (nSPS) is 15.7. The molecule has 1 heterocycles. The van der Waals surface area contributed by atoms with E-state index in [9.17, 15) is 0 Å². The molecule has 0 saturated carbocycles. The van der Waals surface area contributed by atoms with E-state index in [4.69, 9.17) is 0 Å². The molecule has 1 aromatic rings. The van der Waals surface area contributed by atoms with Crippen molar-refractivity contribution in [2.24, 2.45) is 0 Å². The van der Waals surface area contributed by atoms with E-state index in [-0.39, 0.29) is 5.54 Å². The second-order valence-electron chi connectivity index (χ2n) is 4.92. The Balaban J connectivity index is 2.09. The first-order valence-electron chi connectivity index (χ1n) is 6.46. The Labute approximate surface area is 105 Å². The molecule has 0 spiro atoms. The highest BCUT2D eigenvalue weighted by molar-refractivity contribution is 5.50. The van der Waals surface area contributed by atoms with Crippen molar-refractivity contribution in [3.05, 3.63) is 42.7 Å². The van der Waals surface area contributed by atoms with Gasteiger partial charge in [-0.25, -0.2) is 0 Å². The van der Waals surface area contributed by atoms with Crippen LogP contribution in [0.3, 0.4) is 0 Å². The predicted octanol–water partition coefficient (Wildman–Crippen LogP) is 3.82. The van der Waals surface area contributed by atoms with Gasteiger partial charge in [0.25, 0.3) is 0 Å². The average molecular weight is 230 g/mol. The summed E-state index contributed by atoms with van der Waals surface area (Å²) < 4.78 is 0. The fourth-order valence-corrected chi connectivity index (χ4v) is 2.21. The summed E-state index contributed by atoms with van der Waals surface area (Å²) in [5.74, 6) is 0. The van der Waals surface area contributed by atoms with Gasteiger partial charge in [-0.05, 0) is 31.9 Å². The minimum Gasteiger partial charge on any atom is -0.353 e. The standard InChI is InChI=1S/C15H22N2/c1-4-15(3,5-2)17-12-11-16(13-17)14-9-7-6-8-10-14/h6-12H,4-5,13H2,1-3H3. The molecule has 2 nitrogen and oxygen atoms in total. The summed E-state index contributed by atoms with van der Waals surface area (Å²) in [5, 5.41) is 0. The van der Waals surface area contributed by atoms with Crippen molar-refractivity contribution in [1.29, 1.82) is 0 Å². The maximum absolute atomic E-state index is 2.44. The second-order valence-corrected chi connectivity index (χ2v) is 4.92. The summed E-state index contributed by atoms with van der Waals surface area (Å²) >= 11 is 0. The molecule has 0 radical (unpaired) electrons. The Kier molecular flexibility index (Phi) is 3.41. The number of anilines is 1. The van der Waals surface area contributed by atoms with Crippen molar-refractivity contribution >= 4 is 5.69 Å². The first-order valence-corrected chi connectivity index (χ1v) is 6.46. The number of nitrogens with zero attached hydrogens (tertiary/aromatic N) is 2. The molecule has 0 aliphatic carbocycles. The van der Waals surface area contributed by atoms with Gasteiger partial charge in [0, 0.05) is 23.6 Å². The SMILES string of the molecule is CCC(C)(CC)N1C=CN(c2ccccc2)C1. The van der Waals surface area contributed by atoms with E-state index in [0.29, 0.717) is 0 Å². The van der Waals surface area contributed by atoms with Crippen molar-refractivity contribution in [2.45, 2.75) is 39.2 Å². The van der Waals surface area contributed by atoms with Gasteiger partial charge in [-0.3, -0.25) is 0 Å². The molecule has 2 rings (SSSR count). The number of hydrogen-bond donors (Lipinski definition) is 0. The summed E-state index contributed by atoms with van der Waals surface area (Å²) in [6.45, 7) is 7.83. The van der Waals surface area contributed by atoms with Gasteiger partial charge in [0.2, 0.25) is 0 Å². The van der Waals surface area contributed by atoms with Gasteiger partial charge in [-0.15, -0.1) is 0 Å². The Morgan fingerprint density at radius 3 is 2.29 bits per heavy atom. The fraction of sp³-hybridized carbons (Fsp3) is 0.467. The van der Waals surface area contributed by atoms with Crippen LogP contribution in [-0.4, -0.2) is 17.1 Å². The van der Waals surface area contributed by atoms with Gasteiger partial charge in [0.1, 0.15) is 0 Å². The molecule has 0 fully saturated rings. The lowest BCUT2D eigenvalue weighted by Gasteiger charge is -2.38. The third-order valence-electron chi connectivity index (χ3n) is 4.04. The molecule has 92 valence electrons. The Morgan fingerprint density at radius 1 is 1.06 bits per heavy atom. The minimum absolute atomic E-state index is 0.278. The first kappa shape index (κ1) is 12.0. The van der Waals surface area contributed by atoms with E-state index in [0.717, 1.165) is 6.67 Å². The third-order valence-corrected chi connectivity index (χ3v) is 4.04. The molecule has 17 heavy (non-hydrogen) atoms. The Morgan fingerprint density at radius 2 is 1.71 bits per heavy atom. The quantitative estimate of drug-likeness (QED) is 0.776. The van der Waals surface area contributed by atoms with Crippen LogP contribution in [0, 0.1) is 0 Å². The van der Waals surface area contributed by atoms with E-state index in [1.165, 1.54) is 18.5 Å². The molecule has 0 atom stereocenters. The van der Waals surface area contributed by atoms with Crippen LogP contribution in [0.5, 0.6) is 0 Å². The van der Waals surface area contributed by atoms with Crippen molar-refractivity contribution in [3.63, 3.8) is 0 Å². The monoisotopic (exact) mass is 230 g/mol. The molecule has 0 bridgehead atoms. The molecule has 0 aromatic heterocycles. The fourth-order valence-electron chi connectivity index (χ4n) is 2.21. The molecular weight excluding hydrogens is 208 g/mol. The Bertz CT molecular complexity index is 379. The molecule has 0 saturated heterocycles. The largest absolute Gasteiger partial charge is 0.353 e. The number of hydrogen-bond acceptors (Lipinski definition) is 2. The summed E-state index contributed by atoms with van der Waals surface area (Å²) in [6.07, 6.45) is 6.76. The Hall–Kier alpha value is -1.44. The third kappa shape index (κ3) is 2.31. The lowest BCUT2D eigenvalue weighted by atomic mass is 9.94. The van der Waals surface area contributed by atoms with Crippen LogP contribution >= 0.6 is 0 Å². The minimum atomic E-state index is 0.278. The van der Waals surface area contributed by atoms with E-state index in [1.54, 1.807) is 0 Å². The van der Waals surface area contributed by atoms with Crippen LogP contribution in [0.15, 0.2) is 42.7 Å². The molecule has 1 aliphatic rings. The maximum atomic E-state index is 2.44. The van der Waals surface area contributed by atoms with E-state index in [2.05, 4.69) is 73.3 Å². The zero-order valence-electron chi connectivity index (χ0n) is 11.1. The first-order chi connectivity index (χ1) is 8.19. The number of rotatable bonds is 4. The van der Waals surface area contributed by atoms with E-state index >= 15 is 0 Å². The van der Waals surface area contributed by atoms with Crippen LogP contribution in [-0.2, 0) is 0 Å². The average Bonchev–Trinajstić information content (AvgIpc) is 2.89. The van der Waals surface area contributed by atoms with E-state index < -0.39 is 0 Å². The summed E-state index contributed by atoms with van der Waals surface area (Å²) in [6, 6.07) is 10.5. The molecule has 2 heteroatoms. The van der Waals surface area contributed by atoms with Crippen LogP contribution in [0.25, 0.3) is 0 Å². The van der Waals surface area contributed by atoms with Gasteiger partial charge < -0.3 is 9.80 Å². The topological polar surface area (TPSA) is 6.48 Å². The van der Waals surface area contributed by atoms with Crippen molar-refractivity contribution in [1.82, 2.24) is 4.90 Å². The molecule has 0 amide bonds. The van der Waals surface area contributed by atoms with Crippen LogP contribution < -0.4 is 4.90 Å². The smallest absolute Gasteiger partial charge is 0.0947 e.